The minimum atomic E-state index is -0.491. The second kappa shape index (κ2) is 10.8. The minimum absolute atomic E-state index is 0.0971. The molecule has 37 heavy (non-hydrogen) atoms. The third-order valence-electron chi connectivity index (χ3n) is 7.32. The van der Waals surface area contributed by atoms with Crippen LogP contribution in [0.4, 0.5) is 0 Å². The highest BCUT2D eigenvalue weighted by molar-refractivity contribution is 9.10. The number of nitrogens with zero attached hydrogens (tertiary/aromatic N) is 3. The lowest BCUT2D eigenvalue weighted by molar-refractivity contribution is -0.0420. The van der Waals surface area contributed by atoms with Gasteiger partial charge in [-0.3, -0.25) is 4.57 Å². The van der Waals surface area contributed by atoms with Crippen molar-refractivity contribution < 1.29 is 18.9 Å². The van der Waals surface area contributed by atoms with Crippen LogP contribution in [0, 0.1) is 0 Å². The first-order valence-electron chi connectivity index (χ1n) is 12.4. The predicted octanol–water partition coefficient (Wildman–Crippen LogP) is 6.17. The van der Waals surface area contributed by atoms with Crippen molar-refractivity contribution in [3.63, 3.8) is 0 Å². The zero-order valence-corrected chi connectivity index (χ0v) is 24.9. The molecule has 0 spiro atoms. The molecule has 0 amide bonds. The molecule has 2 fully saturated rings. The summed E-state index contributed by atoms with van der Waals surface area (Å²) in [5, 5.41) is 0.720. The Bertz CT molecular complexity index is 1280. The maximum atomic E-state index is 6.67. The number of aromatic nitrogens is 3. The van der Waals surface area contributed by atoms with Crippen LogP contribution in [0.5, 0.6) is 6.01 Å². The van der Waals surface area contributed by atoms with Crippen LogP contribution in [-0.4, -0.2) is 67.6 Å². The number of hydrogen-bond donors (Lipinski definition) is 0. The first-order valence-corrected chi connectivity index (χ1v) is 16.1. The van der Waals surface area contributed by atoms with Crippen LogP contribution in [-0.2, 0) is 20.8 Å². The number of hydrogen-bond acceptors (Lipinski definition) is 6. The summed E-state index contributed by atoms with van der Waals surface area (Å²) in [5.74, 6) is 0. The normalized spacial score (nSPS) is 23.6. The maximum absolute atomic E-state index is 6.67. The second-order valence-electron chi connectivity index (χ2n) is 10.4. The molecule has 197 valence electrons. The fourth-order valence-electron chi connectivity index (χ4n) is 4.48. The molecular weight excluding hydrogens is 574 g/mol. The van der Waals surface area contributed by atoms with Gasteiger partial charge in [0.2, 0.25) is 0 Å². The molecule has 4 atom stereocenters. The summed E-state index contributed by atoms with van der Waals surface area (Å²) in [6.45, 7) is 15.2. The van der Waals surface area contributed by atoms with Crippen LogP contribution in [0.2, 0.25) is 23.2 Å². The fourth-order valence-corrected chi connectivity index (χ4v) is 5.37. The maximum Gasteiger partial charge on any atom is 0.299 e. The molecule has 0 N–H and O–H groups in total. The third kappa shape index (κ3) is 5.39. The van der Waals surface area contributed by atoms with Crippen molar-refractivity contribution in [2.45, 2.75) is 62.9 Å². The van der Waals surface area contributed by atoms with E-state index in [-0.39, 0.29) is 29.5 Å². The van der Waals surface area contributed by atoms with Gasteiger partial charge in [-0.15, -0.1) is 6.58 Å². The second-order valence-corrected chi connectivity index (χ2v) is 15.1. The Morgan fingerprint density at radius 3 is 2.51 bits per heavy atom. The van der Waals surface area contributed by atoms with Gasteiger partial charge in [-0.25, -0.2) is 4.98 Å². The van der Waals surface area contributed by atoms with Crippen molar-refractivity contribution in [1.82, 2.24) is 14.5 Å². The molecule has 3 aromatic rings. The van der Waals surface area contributed by atoms with Gasteiger partial charge in [0.05, 0.1) is 38.2 Å². The van der Waals surface area contributed by atoms with Gasteiger partial charge in [0.25, 0.3) is 6.01 Å². The quantitative estimate of drug-likeness (QED) is 0.215. The number of allylic oxidation sites excluding steroid dienone is 1. The molecule has 1 radical (unpaired) electrons. The average molecular weight is 606 g/mol. The molecule has 0 bridgehead atoms. The summed E-state index contributed by atoms with van der Waals surface area (Å²) in [5.41, 5.74) is 2.92. The lowest BCUT2D eigenvalue weighted by atomic mass is 10.1. The molecule has 0 saturated carbocycles. The molecule has 4 heterocycles. The van der Waals surface area contributed by atoms with Crippen molar-refractivity contribution >= 4 is 47.5 Å². The lowest BCUT2D eigenvalue weighted by Crippen LogP contribution is -2.37. The topological polar surface area (TPSA) is 67.6 Å². The highest BCUT2D eigenvalue weighted by atomic mass is 79.9. The smallest absolute Gasteiger partial charge is 0.299 e. The number of imidazole rings is 1. The molecule has 0 unspecified atom stereocenters. The van der Waals surface area contributed by atoms with Gasteiger partial charge >= 0.3 is 0 Å². The molecule has 0 aliphatic carbocycles. The van der Waals surface area contributed by atoms with Crippen LogP contribution in [0.25, 0.3) is 22.4 Å². The first-order chi connectivity index (χ1) is 17.7. The highest BCUT2D eigenvalue weighted by Gasteiger charge is 2.50. The number of fused-ring (bicyclic) bond motifs is 2. The summed E-state index contributed by atoms with van der Waals surface area (Å²) in [6.07, 6.45) is 1.03. The standard InChI is InChI=1S/C27H32BrClN3O4Si/c1-6-11-32-19-12-18(29)22(16-7-9-17(28)10-8-16)30-25(19)31-26(32)36-21-14-34-23-20(13-33-24(21)23)35-15-27(2,3)37(4)5/h6-10,12,20-21,23-24H,1,11,13-15H2,2-5H3/t20-,21-,23+,24-/m1/s1. The largest absolute Gasteiger partial charge is 0.456 e. The van der Waals surface area contributed by atoms with Crippen LogP contribution in [0.3, 0.4) is 0 Å². The van der Waals surface area contributed by atoms with Crippen LogP contribution in [0.15, 0.2) is 47.5 Å². The molecule has 7 nitrogen and oxygen atoms in total. The molecule has 10 heteroatoms. The zero-order chi connectivity index (χ0) is 26.3. The monoisotopic (exact) mass is 604 g/mol. The Hall–Kier alpha value is -1.75. The van der Waals surface area contributed by atoms with Gasteiger partial charge in [-0.1, -0.05) is 72.7 Å². The van der Waals surface area contributed by atoms with Crippen molar-refractivity contribution in [2.24, 2.45) is 0 Å². The molecule has 1 aromatic carbocycles. The van der Waals surface area contributed by atoms with E-state index in [9.17, 15) is 0 Å². The Kier molecular flexibility index (Phi) is 7.82. The van der Waals surface area contributed by atoms with E-state index < -0.39 is 8.80 Å². The van der Waals surface area contributed by atoms with E-state index in [1.807, 2.05) is 34.9 Å². The van der Waals surface area contributed by atoms with Crippen LogP contribution < -0.4 is 4.74 Å². The minimum Gasteiger partial charge on any atom is -0.456 e. The first kappa shape index (κ1) is 26.8. The third-order valence-corrected chi connectivity index (χ3v) is 11.0. The van der Waals surface area contributed by atoms with Gasteiger partial charge in [0.15, 0.2) is 11.8 Å². The van der Waals surface area contributed by atoms with Crippen molar-refractivity contribution in [3.8, 4) is 17.3 Å². The van der Waals surface area contributed by atoms with Crippen LogP contribution in [0.1, 0.15) is 13.8 Å². The van der Waals surface area contributed by atoms with Gasteiger partial charge in [0.1, 0.15) is 18.3 Å². The van der Waals surface area contributed by atoms with E-state index in [0.29, 0.717) is 48.7 Å². The molecule has 2 saturated heterocycles. The summed E-state index contributed by atoms with van der Waals surface area (Å²) in [7, 11) is -0.491. The number of ether oxygens (including phenoxy) is 4. The predicted molar refractivity (Wildman–Crippen MR) is 151 cm³/mol. The van der Waals surface area contributed by atoms with Gasteiger partial charge in [0, 0.05) is 23.2 Å². The van der Waals surface area contributed by atoms with E-state index in [2.05, 4.69) is 49.5 Å². The Morgan fingerprint density at radius 2 is 1.84 bits per heavy atom. The molecular formula is C27H32BrClN3O4Si. The SMILES string of the molecule is C=CCn1c(O[C@@H]2CO[C@@H]3[C@@H]2OC[C@H]3OCC(C)(C)[Si](C)C)nc2nc(-c3ccc(Br)cc3)c(Cl)cc21. The molecule has 2 aliphatic rings. The molecule has 2 aliphatic heterocycles. The van der Waals surface area contributed by atoms with Crippen molar-refractivity contribution in [1.29, 1.82) is 0 Å². The van der Waals surface area contributed by atoms with Crippen LogP contribution >= 0.6 is 27.5 Å². The Morgan fingerprint density at radius 1 is 1.16 bits per heavy atom. The molecule has 5 rings (SSSR count). The summed E-state index contributed by atoms with van der Waals surface area (Å²) in [4.78, 5) is 9.52. The summed E-state index contributed by atoms with van der Waals surface area (Å²) >= 11 is 10.1. The highest BCUT2D eigenvalue weighted by Crippen LogP contribution is 2.36. The average Bonchev–Trinajstić information content (AvgIpc) is 3.54. The number of rotatable bonds is 9. The van der Waals surface area contributed by atoms with E-state index in [1.54, 1.807) is 6.08 Å². The Balaban J connectivity index is 1.36. The van der Waals surface area contributed by atoms with Gasteiger partial charge in [-0.2, -0.15) is 4.98 Å². The summed E-state index contributed by atoms with van der Waals surface area (Å²) in [6, 6.07) is 10.2. The van der Waals surface area contributed by atoms with Gasteiger partial charge in [-0.05, 0) is 23.2 Å². The van der Waals surface area contributed by atoms with E-state index >= 15 is 0 Å². The number of benzene rings is 1. The Labute approximate surface area is 232 Å². The fraction of sp³-hybridized carbons (Fsp3) is 0.481. The van der Waals surface area contributed by atoms with E-state index in [4.69, 9.17) is 40.5 Å². The van der Waals surface area contributed by atoms with E-state index in [0.717, 1.165) is 15.6 Å². The van der Waals surface area contributed by atoms with Gasteiger partial charge < -0.3 is 18.9 Å². The molecule has 2 aromatic heterocycles. The summed E-state index contributed by atoms with van der Waals surface area (Å²) < 4.78 is 27.8. The zero-order valence-electron chi connectivity index (χ0n) is 21.5. The van der Waals surface area contributed by atoms with Crippen molar-refractivity contribution in [2.75, 3.05) is 19.8 Å². The lowest BCUT2D eigenvalue weighted by Gasteiger charge is -2.30. The van der Waals surface area contributed by atoms with E-state index in [1.165, 1.54) is 0 Å². The number of halogens is 2. The van der Waals surface area contributed by atoms with Crippen molar-refractivity contribution in [3.05, 3.63) is 52.5 Å². The number of pyridine rings is 1.